The number of anilines is 1. The highest BCUT2D eigenvalue weighted by Gasteiger charge is 2.55. The highest BCUT2D eigenvalue weighted by molar-refractivity contribution is 5.69. The van der Waals surface area contributed by atoms with Crippen LogP contribution in [0.1, 0.15) is 57.3 Å². The minimum Gasteiger partial charge on any atom is -0.444 e. The van der Waals surface area contributed by atoms with Crippen molar-refractivity contribution in [3.8, 4) is 0 Å². The van der Waals surface area contributed by atoms with Crippen LogP contribution < -0.4 is 4.90 Å². The summed E-state index contributed by atoms with van der Waals surface area (Å²) in [6.45, 7) is 14.3. The molecule has 0 N–H and O–H groups in total. The molecule has 3 fully saturated rings. The van der Waals surface area contributed by atoms with E-state index in [4.69, 9.17) is 14.6 Å². The molecule has 202 valence electrons. The fourth-order valence-corrected chi connectivity index (χ4v) is 6.28. The summed E-state index contributed by atoms with van der Waals surface area (Å²) in [5.41, 5.74) is 2.38. The van der Waals surface area contributed by atoms with E-state index in [-0.39, 0.29) is 11.5 Å². The van der Waals surface area contributed by atoms with E-state index in [2.05, 4.69) is 57.8 Å². The third kappa shape index (κ3) is 5.80. The van der Waals surface area contributed by atoms with Crippen molar-refractivity contribution in [3.63, 3.8) is 0 Å². The molecule has 8 heteroatoms. The molecule has 3 aliphatic rings. The smallest absolute Gasteiger partial charge is 0.410 e. The second-order valence-electron chi connectivity index (χ2n) is 12.3. The number of hydrogen-bond donors (Lipinski definition) is 0. The third-order valence-corrected chi connectivity index (χ3v) is 8.06. The zero-order chi connectivity index (χ0) is 26.2. The van der Waals surface area contributed by atoms with E-state index in [0.717, 1.165) is 71.0 Å². The van der Waals surface area contributed by atoms with Crippen LogP contribution in [0.25, 0.3) is 0 Å². The second kappa shape index (κ2) is 10.3. The van der Waals surface area contributed by atoms with Gasteiger partial charge in [-0.25, -0.2) is 4.79 Å². The van der Waals surface area contributed by atoms with Crippen LogP contribution in [0.4, 0.5) is 10.6 Å². The molecule has 1 atom stereocenters. The zero-order valence-corrected chi connectivity index (χ0v) is 23.2. The van der Waals surface area contributed by atoms with Crippen LogP contribution in [-0.4, -0.2) is 83.8 Å². The first-order valence-electron chi connectivity index (χ1n) is 13.7. The maximum absolute atomic E-state index is 12.4. The Morgan fingerprint density at radius 2 is 1.86 bits per heavy atom. The Balaban J connectivity index is 1.19. The van der Waals surface area contributed by atoms with Crippen LogP contribution in [0.2, 0.25) is 0 Å². The van der Waals surface area contributed by atoms with Crippen LogP contribution in [0.3, 0.4) is 0 Å². The first-order valence-corrected chi connectivity index (χ1v) is 13.7. The number of methoxy groups -OCH3 is 1. The number of carbonyl (C=O) groups excluding carboxylic acids is 1. The van der Waals surface area contributed by atoms with Gasteiger partial charge in [-0.3, -0.25) is 9.58 Å². The van der Waals surface area contributed by atoms with E-state index in [1.807, 2.05) is 25.7 Å². The van der Waals surface area contributed by atoms with Gasteiger partial charge in [-0.1, -0.05) is 30.3 Å². The highest BCUT2D eigenvalue weighted by Crippen LogP contribution is 2.54. The number of ether oxygens (including phenoxy) is 2. The molecular formula is C29H43N5O3. The van der Waals surface area contributed by atoms with Gasteiger partial charge in [-0.05, 0) is 52.5 Å². The van der Waals surface area contributed by atoms with Gasteiger partial charge in [0.25, 0.3) is 0 Å². The largest absolute Gasteiger partial charge is 0.444 e. The fraction of sp³-hybridized carbons (Fsp3) is 0.655. The van der Waals surface area contributed by atoms with E-state index in [0.29, 0.717) is 12.1 Å². The van der Waals surface area contributed by atoms with Crippen molar-refractivity contribution in [3.05, 3.63) is 47.7 Å². The van der Waals surface area contributed by atoms with Crippen molar-refractivity contribution >= 4 is 11.9 Å². The molecule has 1 unspecified atom stereocenters. The summed E-state index contributed by atoms with van der Waals surface area (Å²) in [5.74, 6) is 1.09. The number of benzene rings is 1. The summed E-state index contributed by atoms with van der Waals surface area (Å²) in [7, 11) is 1.78. The van der Waals surface area contributed by atoms with Crippen LogP contribution in [0.15, 0.2) is 36.4 Å². The molecule has 3 heterocycles. The van der Waals surface area contributed by atoms with E-state index >= 15 is 0 Å². The molecular weight excluding hydrogens is 466 g/mol. The van der Waals surface area contributed by atoms with E-state index < -0.39 is 5.60 Å². The van der Waals surface area contributed by atoms with Gasteiger partial charge in [0, 0.05) is 76.2 Å². The normalized spacial score (nSPS) is 22.1. The summed E-state index contributed by atoms with van der Waals surface area (Å²) in [6, 6.07) is 13.8. The summed E-state index contributed by atoms with van der Waals surface area (Å²) in [4.78, 5) is 19.2. The van der Waals surface area contributed by atoms with Crippen molar-refractivity contribution < 1.29 is 14.3 Å². The average molecular weight is 510 g/mol. The second-order valence-corrected chi connectivity index (χ2v) is 12.3. The van der Waals surface area contributed by atoms with Gasteiger partial charge in [-0.2, -0.15) is 5.10 Å². The number of aryl methyl sites for hydroxylation is 1. The first-order chi connectivity index (χ1) is 17.6. The number of carbonyl (C=O) groups is 1. The topological polar surface area (TPSA) is 63.1 Å². The minimum atomic E-state index is -0.446. The van der Waals surface area contributed by atoms with Crippen molar-refractivity contribution in [2.24, 2.45) is 5.41 Å². The number of rotatable bonds is 7. The molecule has 2 aromatic rings. The Kier molecular flexibility index (Phi) is 7.24. The zero-order valence-electron chi connectivity index (χ0n) is 23.2. The summed E-state index contributed by atoms with van der Waals surface area (Å²) in [5, 5.41) is 5.13. The van der Waals surface area contributed by atoms with E-state index in [1.165, 1.54) is 11.3 Å². The van der Waals surface area contributed by atoms with Crippen LogP contribution in [0, 0.1) is 12.3 Å². The number of piperazine rings is 1. The van der Waals surface area contributed by atoms with Gasteiger partial charge in [0.05, 0.1) is 6.04 Å². The van der Waals surface area contributed by atoms with Crippen LogP contribution in [0.5, 0.6) is 0 Å². The lowest BCUT2D eigenvalue weighted by Crippen LogP contribution is -2.64. The Morgan fingerprint density at radius 1 is 1.14 bits per heavy atom. The summed E-state index contributed by atoms with van der Waals surface area (Å²) in [6.07, 6.45) is 2.95. The average Bonchev–Trinajstić information content (AvgIpc) is 3.16. The molecule has 1 aromatic heterocycles. The SMILES string of the molecule is COCCC1CN(Cc2ccccc2)CCN1c1cc(C)n(C2CC3(C2)CN(C(=O)OC(C)(C)C)C3)n1. The number of amides is 1. The maximum Gasteiger partial charge on any atom is 0.410 e. The van der Waals surface area contributed by atoms with Gasteiger partial charge in [-0.15, -0.1) is 0 Å². The number of likely N-dealkylation sites (tertiary alicyclic amines) is 1. The molecule has 1 saturated carbocycles. The summed E-state index contributed by atoms with van der Waals surface area (Å²) >= 11 is 0. The van der Waals surface area contributed by atoms with Crippen LogP contribution in [-0.2, 0) is 16.0 Å². The molecule has 37 heavy (non-hydrogen) atoms. The number of aromatic nitrogens is 2. The molecule has 0 radical (unpaired) electrons. The Hall–Kier alpha value is -2.58. The van der Waals surface area contributed by atoms with Crippen molar-refractivity contribution in [2.45, 2.75) is 71.2 Å². The molecule has 2 saturated heterocycles. The van der Waals surface area contributed by atoms with Gasteiger partial charge in [0.2, 0.25) is 0 Å². The minimum absolute atomic E-state index is 0.187. The van der Waals surface area contributed by atoms with Crippen molar-refractivity contribution in [2.75, 3.05) is 51.3 Å². The van der Waals surface area contributed by atoms with Crippen molar-refractivity contribution in [1.82, 2.24) is 19.6 Å². The molecule has 1 amide bonds. The lowest BCUT2D eigenvalue weighted by molar-refractivity contribution is -0.0930. The molecule has 5 rings (SSSR count). The quantitative estimate of drug-likeness (QED) is 0.548. The van der Waals surface area contributed by atoms with E-state index in [1.54, 1.807) is 7.11 Å². The molecule has 2 aliphatic heterocycles. The van der Waals surface area contributed by atoms with Gasteiger partial charge in [0.1, 0.15) is 5.60 Å². The lowest BCUT2D eigenvalue weighted by Gasteiger charge is -2.58. The Morgan fingerprint density at radius 3 is 2.54 bits per heavy atom. The van der Waals surface area contributed by atoms with E-state index in [9.17, 15) is 4.79 Å². The van der Waals surface area contributed by atoms with Gasteiger partial charge in [0.15, 0.2) is 5.82 Å². The monoisotopic (exact) mass is 509 g/mol. The standard InChI is InChI=1S/C29H43N5O3/c1-22-15-26(30-34(22)25-16-29(17-25)20-32(21-29)27(35)37-28(2,3)4)33-13-12-31(19-24(33)11-14-36-5)18-23-9-7-6-8-10-23/h6-10,15,24-25H,11-14,16-21H2,1-5H3. The lowest BCUT2D eigenvalue weighted by atomic mass is 9.61. The molecule has 1 aromatic carbocycles. The van der Waals surface area contributed by atoms with Crippen molar-refractivity contribution in [1.29, 1.82) is 0 Å². The predicted octanol–water partition coefficient (Wildman–Crippen LogP) is 4.49. The fourth-order valence-electron chi connectivity index (χ4n) is 6.28. The Labute approximate surface area is 221 Å². The molecule has 1 aliphatic carbocycles. The molecule has 0 bridgehead atoms. The third-order valence-electron chi connectivity index (χ3n) is 8.06. The summed E-state index contributed by atoms with van der Waals surface area (Å²) < 4.78 is 13.2. The van der Waals surface area contributed by atoms with Crippen LogP contribution >= 0.6 is 0 Å². The highest BCUT2D eigenvalue weighted by atomic mass is 16.6. The number of nitrogens with zero attached hydrogens (tertiary/aromatic N) is 5. The molecule has 1 spiro atoms. The number of hydrogen-bond acceptors (Lipinski definition) is 6. The maximum atomic E-state index is 12.4. The van der Waals surface area contributed by atoms with Gasteiger partial charge < -0.3 is 19.3 Å². The van der Waals surface area contributed by atoms with Gasteiger partial charge >= 0.3 is 6.09 Å². The predicted molar refractivity (Wildman–Crippen MR) is 145 cm³/mol. The first kappa shape index (κ1) is 26.0. The Bertz CT molecular complexity index is 1060. The molecule has 8 nitrogen and oxygen atoms in total.